The minimum atomic E-state index is -3.45. The van der Waals surface area contributed by atoms with Crippen LogP contribution in [0.3, 0.4) is 0 Å². The zero-order valence-electron chi connectivity index (χ0n) is 18.0. The average molecular weight is 451 g/mol. The quantitative estimate of drug-likeness (QED) is 0.486. The van der Waals surface area contributed by atoms with Gasteiger partial charge in [-0.25, -0.2) is 13.4 Å². The van der Waals surface area contributed by atoms with E-state index in [1.165, 1.54) is 0 Å². The monoisotopic (exact) mass is 450 g/mol. The number of H-pyrrole nitrogens is 1. The number of anilines is 1. The predicted octanol–water partition coefficient (Wildman–Crippen LogP) is 2.93. The van der Waals surface area contributed by atoms with Gasteiger partial charge in [-0.2, -0.15) is 0 Å². The fraction of sp³-hybridized carbons (Fsp3) is 0.292. The van der Waals surface area contributed by atoms with Crippen molar-refractivity contribution in [3.05, 3.63) is 65.9 Å². The molecule has 4 aromatic rings. The zero-order valence-corrected chi connectivity index (χ0v) is 18.8. The van der Waals surface area contributed by atoms with E-state index in [0.717, 1.165) is 64.9 Å². The Morgan fingerprint density at radius 2 is 1.81 bits per heavy atom. The van der Waals surface area contributed by atoms with E-state index in [9.17, 15) is 13.5 Å². The van der Waals surface area contributed by atoms with Gasteiger partial charge in [0, 0.05) is 48.8 Å². The third-order valence-electron chi connectivity index (χ3n) is 6.18. The molecule has 0 bridgehead atoms. The number of aromatic nitrogens is 2. The molecule has 0 atom stereocenters. The normalized spacial score (nSPS) is 15.6. The fourth-order valence-corrected chi connectivity index (χ4v) is 5.81. The van der Waals surface area contributed by atoms with Crippen molar-refractivity contribution in [2.24, 2.45) is 0 Å². The molecular formula is C24H26N4O3S. The molecule has 2 aromatic carbocycles. The maximum absolute atomic E-state index is 12.9. The van der Waals surface area contributed by atoms with E-state index in [4.69, 9.17) is 0 Å². The van der Waals surface area contributed by atoms with Crippen molar-refractivity contribution in [2.45, 2.75) is 17.3 Å². The standard InChI is InChI=1S/C24H26N4O3S/c1-27-9-11-28(12-10-27)23-18(15-29)14-25-24-22(23)20-13-17(7-8-21(20)26-24)16-32(30,31)19-5-3-2-4-6-19/h2-8,13-14,29H,9-12,15-16H2,1H3,(H,25,26). The highest BCUT2D eigenvalue weighted by molar-refractivity contribution is 7.90. The second kappa shape index (κ2) is 8.20. The van der Waals surface area contributed by atoms with Crippen LogP contribution in [-0.2, 0) is 22.2 Å². The van der Waals surface area contributed by atoms with Crippen molar-refractivity contribution < 1.29 is 13.5 Å². The number of fused-ring (bicyclic) bond motifs is 3. The molecule has 8 heteroatoms. The predicted molar refractivity (Wildman–Crippen MR) is 127 cm³/mol. The number of piperazine rings is 1. The Balaban J connectivity index is 1.63. The summed E-state index contributed by atoms with van der Waals surface area (Å²) in [4.78, 5) is 12.8. The number of aromatic amines is 1. The Labute approximate surface area is 187 Å². The van der Waals surface area contributed by atoms with Gasteiger partial charge in [0.2, 0.25) is 0 Å². The number of likely N-dealkylation sites (N-methyl/N-ethyl adjacent to an activating group) is 1. The first-order valence-corrected chi connectivity index (χ1v) is 12.4. The summed E-state index contributed by atoms with van der Waals surface area (Å²) in [5.74, 6) is -0.0728. The lowest BCUT2D eigenvalue weighted by molar-refractivity contribution is 0.280. The average Bonchev–Trinajstić information content (AvgIpc) is 3.17. The molecular weight excluding hydrogens is 424 g/mol. The third kappa shape index (κ3) is 3.74. The van der Waals surface area contributed by atoms with Crippen LogP contribution < -0.4 is 4.90 Å². The molecule has 1 aliphatic rings. The van der Waals surface area contributed by atoms with Crippen molar-refractivity contribution in [2.75, 3.05) is 38.1 Å². The van der Waals surface area contributed by atoms with Gasteiger partial charge < -0.3 is 19.9 Å². The summed E-state index contributed by atoms with van der Waals surface area (Å²) >= 11 is 0. The molecule has 0 spiro atoms. The van der Waals surface area contributed by atoms with Crippen LogP contribution in [0.15, 0.2) is 59.6 Å². The highest BCUT2D eigenvalue weighted by Crippen LogP contribution is 2.36. The van der Waals surface area contributed by atoms with Gasteiger partial charge in [0.25, 0.3) is 0 Å². The van der Waals surface area contributed by atoms with Gasteiger partial charge >= 0.3 is 0 Å². The molecule has 7 nitrogen and oxygen atoms in total. The smallest absolute Gasteiger partial charge is 0.182 e. The highest BCUT2D eigenvalue weighted by Gasteiger charge is 2.23. The number of rotatable bonds is 5. The number of hydrogen-bond donors (Lipinski definition) is 2. The van der Waals surface area contributed by atoms with E-state index in [1.54, 1.807) is 30.5 Å². The number of pyridine rings is 1. The van der Waals surface area contributed by atoms with E-state index in [-0.39, 0.29) is 12.4 Å². The molecule has 0 radical (unpaired) electrons. The number of benzene rings is 2. The summed E-state index contributed by atoms with van der Waals surface area (Å²) in [5.41, 5.74) is 4.14. The number of aliphatic hydroxyl groups is 1. The number of nitrogens with one attached hydrogen (secondary N) is 1. The first-order chi connectivity index (χ1) is 15.5. The van der Waals surface area contributed by atoms with Crippen molar-refractivity contribution in [1.29, 1.82) is 0 Å². The largest absolute Gasteiger partial charge is 0.392 e. The number of hydrogen-bond acceptors (Lipinski definition) is 6. The van der Waals surface area contributed by atoms with Gasteiger partial charge in [0.1, 0.15) is 5.65 Å². The van der Waals surface area contributed by atoms with Crippen LogP contribution in [-0.4, -0.2) is 61.6 Å². The lowest BCUT2D eigenvalue weighted by Gasteiger charge is -2.35. The Hall–Kier alpha value is -2.94. The molecule has 0 saturated carbocycles. The molecule has 3 heterocycles. The molecule has 32 heavy (non-hydrogen) atoms. The topological polar surface area (TPSA) is 89.5 Å². The van der Waals surface area contributed by atoms with Crippen LogP contribution in [0.2, 0.25) is 0 Å². The van der Waals surface area contributed by atoms with Crippen LogP contribution in [0, 0.1) is 0 Å². The molecule has 1 fully saturated rings. The Kier molecular flexibility index (Phi) is 5.36. The SMILES string of the molecule is CN1CCN(c2c(CO)cnc3[nH]c4ccc(CS(=O)(=O)c5ccccc5)cc4c23)CC1. The lowest BCUT2D eigenvalue weighted by Crippen LogP contribution is -2.44. The summed E-state index contributed by atoms with van der Waals surface area (Å²) in [6.45, 7) is 3.50. The second-order valence-electron chi connectivity index (χ2n) is 8.38. The molecule has 5 rings (SSSR count). The van der Waals surface area contributed by atoms with E-state index in [2.05, 4.69) is 26.8 Å². The second-order valence-corrected chi connectivity index (χ2v) is 10.4. The summed E-state index contributed by atoms with van der Waals surface area (Å²) in [6, 6.07) is 14.2. The molecule has 0 aliphatic carbocycles. The van der Waals surface area contributed by atoms with Crippen molar-refractivity contribution in [1.82, 2.24) is 14.9 Å². The Bertz CT molecular complexity index is 1370. The zero-order chi connectivity index (χ0) is 22.3. The van der Waals surface area contributed by atoms with Crippen LogP contribution in [0.25, 0.3) is 21.9 Å². The molecule has 1 aliphatic heterocycles. The van der Waals surface area contributed by atoms with Crippen LogP contribution in [0.1, 0.15) is 11.1 Å². The van der Waals surface area contributed by atoms with Crippen LogP contribution in [0.4, 0.5) is 5.69 Å². The third-order valence-corrected chi connectivity index (χ3v) is 7.89. The number of nitrogens with zero attached hydrogens (tertiary/aromatic N) is 3. The molecule has 166 valence electrons. The van der Waals surface area contributed by atoms with E-state index < -0.39 is 9.84 Å². The highest BCUT2D eigenvalue weighted by atomic mass is 32.2. The van der Waals surface area contributed by atoms with E-state index in [1.807, 2.05) is 24.3 Å². The van der Waals surface area contributed by atoms with Gasteiger partial charge in [-0.1, -0.05) is 24.3 Å². The summed E-state index contributed by atoms with van der Waals surface area (Å²) in [5, 5.41) is 11.9. The van der Waals surface area contributed by atoms with Crippen molar-refractivity contribution in [3.8, 4) is 0 Å². The van der Waals surface area contributed by atoms with E-state index >= 15 is 0 Å². The first-order valence-electron chi connectivity index (χ1n) is 10.7. The van der Waals surface area contributed by atoms with Gasteiger partial charge in [0.15, 0.2) is 9.84 Å². The van der Waals surface area contributed by atoms with Gasteiger partial charge in [0.05, 0.1) is 28.3 Å². The lowest BCUT2D eigenvalue weighted by atomic mass is 10.1. The number of aliphatic hydroxyl groups excluding tert-OH is 1. The molecule has 0 amide bonds. The van der Waals surface area contributed by atoms with Crippen LogP contribution >= 0.6 is 0 Å². The Morgan fingerprint density at radius 1 is 1.06 bits per heavy atom. The Morgan fingerprint density at radius 3 is 2.53 bits per heavy atom. The van der Waals surface area contributed by atoms with Crippen molar-refractivity contribution >= 4 is 37.5 Å². The minimum absolute atomic E-state index is 0.0728. The summed E-state index contributed by atoms with van der Waals surface area (Å²) in [7, 11) is -1.34. The van der Waals surface area contributed by atoms with Crippen molar-refractivity contribution in [3.63, 3.8) is 0 Å². The fourth-order valence-electron chi connectivity index (χ4n) is 4.45. The van der Waals surface area contributed by atoms with Crippen LogP contribution in [0.5, 0.6) is 0 Å². The maximum atomic E-state index is 12.9. The van der Waals surface area contributed by atoms with Gasteiger partial charge in [-0.15, -0.1) is 0 Å². The van der Waals surface area contributed by atoms with Gasteiger partial charge in [-0.05, 0) is 36.9 Å². The molecule has 1 saturated heterocycles. The maximum Gasteiger partial charge on any atom is 0.182 e. The van der Waals surface area contributed by atoms with E-state index in [0.29, 0.717) is 4.90 Å². The number of sulfone groups is 1. The molecule has 2 N–H and O–H groups in total. The molecule has 0 unspecified atom stereocenters. The minimum Gasteiger partial charge on any atom is -0.392 e. The molecule has 2 aromatic heterocycles. The van der Waals surface area contributed by atoms with Gasteiger partial charge in [-0.3, -0.25) is 0 Å². The first kappa shape index (κ1) is 20.9. The summed E-state index contributed by atoms with van der Waals surface area (Å²) < 4.78 is 25.8. The summed E-state index contributed by atoms with van der Waals surface area (Å²) in [6.07, 6.45) is 1.73.